The van der Waals surface area contributed by atoms with E-state index < -0.39 is 28.0 Å². The molecule has 1 saturated heterocycles. The monoisotopic (exact) mass is 457 g/mol. The zero-order valence-electron chi connectivity index (χ0n) is 19.3. The first-order chi connectivity index (χ1) is 15.0. The fourth-order valence-corrected chi connectivity index (χ4v) is 5.36. The molecule has 0 aromatic heterocycles. The molecule has 172 valence electrons. The molecule has 2 aromatic carbocycles. The summed E-state index contributed by atoms with van der Waals surface area (Å²) >= 11 is 0. The fraction of sp³-hybridized carbons (Fsp3) is 0.440. The highest BCUT2D eigenvalue weighted by molar-refractivity contribution is 7.89. The first-order valence-corrected chi connectivity index (χ1v) is 12.3. The number of aryl methyl sites for hydroxylation is 4. The van der Waals surface area contributed by atoms with Crippen molar-refractivity contribution in [3.8, 4) is 0 Å². The van der Waals surface area contributed by atoms with Crippen LogP contribution in [0, 0.1) is 33.6 Å². The Morgan fingerprint density at radius 2 is 1.47 bits per heavy atom. The van der Waals surface area contributed by atoms with Crippen molar-refractivity contribution >= 4 is 21.8 Å². The molecule has 1 aliphatic heterocycles. The van der Waals surface area contributed by atoms with Crippen LogP contribution in [0.4, 0.5) is 0 Å². The van der Waals surface area contributed by atoms with Crippen LogP contribution >= 0.6 is 0 Å². The van der Waals surface area contributed by atoms with Gasteiger partial charge < -0.3 is 4.74 Å². The molecule has 0 radical (unpaired) electrons. The van der Waals surface area contributed by atoms with Gasteiger partial charge in [0.1, 0.15) is 0 Å². The van der Waals surface area contributed by atoms with Gasteiger partial charge >= 0.3 is 5.97 Å². The maximum Gasteiger partial charge on any atom is 0.309 e. The summed E-state index contributed by atoms with van der Waals surface area (Å²) in [5.41, 5.74) is 4.57. The van der Waals surface area contributed by atoms with Crippen LogP contribution in [0.2, 0.25) is 0 Å². The molecule has 7 heteroatoms. The van der Waals surface area contributed by atoms with Gasteiger partial charge in [-0.05, 0) is 87.9 Å². The smallest absolute Gasteiger partial charge is 0.309 e. The molecule has 0 amide bonds. The van der Waals surface area contributed by atoms with Crippen molar-refractivity contribution in [2.75, 3.05) is 13.1 Å². The average Bonchev–Trinajstić information content (AvgIpc) is 2.76. The van der Waals surface area contributed by atoms with Gasteiger partial charge in [0.2, 0.25) is 15.8 Å². The van der Waals surface area contributed by atoms with Gasteiger partial charge in [-0.3, -0.25) is 9.59 Å². The second-order valence-corrected chi connectivity index (χ2v) is 10.6. The molecule has 0 saturated carbocycles. The minimum absolute atomic E-state index is 0.240. The molecule has 0 spiro atoms. The summed E-state index contributed by atoms with van der Waals surface area (Å²) in [4.78, 5) is 25.6. The number of piperidine rings is 1. The summed E-state index contributed by atoms with van der Waals surface area (Å²) in [6.45, 7) is 9.80. The quantitative estimate of drug-likeness (QED) is 0.481. The summed E-state index contributed by atoms with van der Waals surface area (Å²) in [7, 11) is -3.60. The van der Waals surface area contributed by atoms with Crippen LogP contribution in [0.5, 0.6) is 0 Å². The maximum atomic E-state index is 13.0. The van der Waals surface area contributed by atoms with Crippen molar-refractivity contribution in [3.05, 3.63) is 64.2 Å². The van der Waals surface area contributed by atoms with E-state index >= 15 is 0 Å². The van der Waals surface area contributed by atoms with Crippen molar-refractivity contribution in [2.45, 2.75) is 58.5 Å². The van der Waals surface area contributed by atoms with E-state index in [2.05, 4.69) is 0 Å². The van der Waals surface area contributed by atoms with Gasteiger partial charge in [0.15, 0.2) is 6.10 Å². The molecule has 1 heterocycles. The van der Waals surface area contributed by atoms with Crippen molar-refractivity contribution in [3.63, 3.8) is 0 Å². The van der Waals surface area contributed by atoms with Crippen molar-refractivity contribution in [1.29, 1.82) is 0 Å². The van der Waals surface area contributed by atoms with E-state index in [1.807, 2.05) is 33.8 Å². The Labute approximate surface area is 190 Å². The highest BCUT2D eigenvalue weighted by atomic mass is 32.2. The molecular formula is C25H31NO5S. The lowest BCUT2D eigenvalue weighted by Gasteiger charge is -2.30. The summed E-state index contributed by atoms with van der Waals surface area (Å²) in [5, 5.41) is 0. The highest BCUT2D eigenvalue weighted by Crippen LogP contribution is 2.26. The molecule has 1 atom stereocenters. The number of Topliss-reactive ketones (excluding diaryl/α,β-unsaturated/α-hetero) is 1. The van der Waals surface area contributed by atoms with Gasteiger partial charge in [-0.1, -0.05) is 18.2 Å². The number of ketones is 1. The largest absolute Gasteiger partial charge is 0.454 e. The minimum Gasteiger partial charge on any atom is -0.454 e. The topological polar surface area (TPSA) is 80.8 Å². The van der Waals surface area contributed by atoms with E-state index in [4.69, 9.17) is 4.74 Å². The molecule has 6 nitrogen and oxygen atoms in total. The predicted molar refractivity (Wildman–Crippen MR) is 123 cm³/mol. The first kappa shape index (κ1) is 24.1. The van der Waals surface area contributed by atoms with Crippen LogP contribution in [-0.4, -0.2) is 43.7 Å². The van der Waals surface area contributed by atoms with Crippen LogP contribution in [0.25, 0.3) is 0 Å². The Bertz CT molecular complexity index is 1130. The van der Waals surface area contributed by atoms with Crippen LogP contribution in [-0.2, 0) is 19.6 Å². The third-order valence-corrected chi connectivity index (χ3v) is 8.25. The van der Waals surface area contributed by atoms with Crippen LogP contribution in [0.1, 0.15) is 52.4 Å². The molecule has 0 aliphatic carbocycles. The number of esters is 1. The molecular weight excluding hydrogens is 426 g/mol. The van der Waals surface area contributed by atoms with Gasteiger partial charge in [0.25, 0.3) is 0 Å². The van der Waals surface area contributed by atoms with Gasteiger partial charge in [0.05, 0.1) is 10.8 Å². The Kier molecular flexibility index (Phi) is 7.20. The van der Waals surface area contributed by atoms with Gasteiger partial charge in [-0.2, -0.15) is 4.31 Å². The number of nitrogens with zero attached hydrogens (tertiary/aromatic N) is 1. The number of carbonyl (C=O) groups is 2. The summed E-state index contributed by atoms with van der Waals surface area (Å²) in [6, 6.07) is 10.5. The maximum absolute atomic E-state index is 13.0. The Balaban J connectivity index is 1.59. The molecule has 1 unspecified atom stereocenters. The van der Waals surface area contributed by atoms with E-state index in [1.165, 1.54) is 4.31 Å². The summed E-state index contributed by atoms with van der Waals surface area (Å²) in [6.07, 6.45) is -0.150. The lowest BCUT2D eigenvalue weighted by molar-refractivity contribution is -0.152. The molecule has 32 heavy (non-hydrogen) atoms. The predicted octanol–water partition coefficient (Wildman–Crippen LogP) is 4.14. The zero-order chi connectivity index (χ0) is 23.6. The van der Waals surface area contributed by atoms with Crippen LogP contribution < -0.4 is 0 Å². The van der Waals surface area contributed by atoms with Crippen molar-refractivity contribution in [2.24, 2.45) is 5.92 Å². The number of benzene rings is 2. The summed E-state index contributed by atoms with van der Waals surface area (Å²) in [5.74, 6) is -1.11. The number of rotatable bonds is 6. The number of sulfonamides is 1. The number of hydrogen-bond donors (Lipinski definition) is 0. The van der Waals surface area contributed by atoms with Gasteiger partial charge in [-0.15, -0.1) is 0 Å². The molecule has 3 rings (SSSR count). The molecule has 0 bridgehead atoms. The minimum atomic E-state index is -3.60. The average molecular weight is 458 g/mol. The van der Waals surface area contributed by atoms with Gasteiger partial charge in [-0.25, -0.2) is 8.42 Å². The zero-order valence-corrected chi connectivity index (χ0v) is 20.2. The van der Waals surface area contributed by atoms with E-state index in [-0.39, 0.29) is 23.8 Å². The lowest BCUT2D eigenvalue weighted by atomic mass is 9.98. The molecule has 1 aliphatic rings. The molecule has 0 N–H and O–H groups in total. The van der Waals surface area contributed by atoms with E-state index in [0.717, 1.165) is 22.3 Å². The number of hydrogen-bond acceptors (Lipinski definition) is 5. The highest BCUT2D eigenvalue weighted by Gasteiger charge is 2.34. The Hall–Kier alpha value is -2.51. The van der Waals surface area contributed by atoms with Crippen molar-refractivity contribution < 1.29 is 22.7 Å². The van der Waals surface area contributed by atoms with E-state index in [9.17, 15) is 18.0 Å². The SMILES string of the molecule is Cc1ccc(C(=O)C(C)OC(=O)C2CCN(S(=O)(=O)c3ccc(C)c(C)c3)CC2)cc1C. The van der Waals surface area contributed by atoms with E-state index in [1.54, 1.807) is 37.3 Å². The van der Waals surface area contributed by atoms with Crippen LogP contribution in [0.3, 0.4) is 0 Å². The molecule has 1 fully saturated rings. The fourth-order valence-electron chi connectivity index (χ4n) is 3.81. The second kappa shape index (κ2) is 9.55. The number of carbonyl (C=O) groups excluding carboxylic acids is 2. The van der Waals surface area contributed by atoms with Gasteiger partial charge in [0, 0.05) is 18.7 Å². The lowest BCUT2D eigenvalue weighted by Crippen LogP contribution is -2.41. The van der Waals surface area contributed by atoms with E-state index in [0.29, 0.717) is 18.4 Å². The first-order valence-electron chi connectivity index (χ1n) is 10.9. The number of ether oxygens (including phenoxy) is 1. The van der Waals surface area contributed by atoms with Crippen LogP contribution in [0.15, 0.2) is 41.3 Å². The third kappa shape index (κ3) is 5.10. The Morgan fingerprint density at radius 1 is 0.906 bits per heavy atom. The standard InChI is InChI=1S/C25H31NO5S/c1-16-6-8-22(14-18(16)3)24(27)20(5)31-25(28)21-10-12-26(13-11-21)32(29,30)23-9-7-17(2)19(4)15-23/h6-9,14-15,20-21H,10-13H2,1-5H3. The second-order valence-electron chi connectivity index (χ2n) is 8.67. The Morgan fingerprint density at radius 3 is 2.03 bits per heavy atom. The van der Waals surface area contributed by atoms with Crippen molar-refractivity contribution in [1.82, 2.24) is 4.31 Å². The molecule has 2 aromatic rings. The third-order valence-electron chi connectivity index (χ3n) is 6.36. The normalized spacial score (nSPS) is 16.5. The summed E-state index contributed by atoms with van der Waals surface area (Å²) < 4.78 is 32.8.